The van der Waals surface area contributed by atoms with Crippen molar-refractivity contribution in [3.63, 3.8) is 0 Å². The predicted octanol–water partition coefficient (Wildman–Crippen LogP) is 2.12. The summed E-state index contributed by atoms with van der Waals surface area (Å²) < 4.78 is 2.94. The Kier molecular flexibility index (Phi) is 3.86. The number of nitrogens with one attached hydrogen (secondary N) is 1. The van der Waals surface area contributed by atoms with Gasteiger partial charge in [-0.1, -0.05) is 6.92 Å². The molecule has 2 rings (SSSR count). The van der Waals surface area contributed by atoms with Gasteiger partial charge in [0.2, 0.25) is 5.91 Å². The van der Waals surface area contributed by atoms with Crippen LogP contribution < -0.4 is 5.32 Å². The predicted molar refractivity (Wildman–Crippen MR) is 69.6 cm³/mol. The summed E-state index contributed by atoms with van der Waals surface area (Å²) in [7, 11) is 0. The summed E-state index contributed by atoms with van der Waals surface area (Å²) in [6, 6.07) is 0. The van der Waals surface area contributed by atoms with Gasteiger partial charge in [-0.25, -0.2) is 0 Å². The molecule has 1 aromatic heterocycles. The van der Waals surface area contributed by atoms with Gasteiger partial charge in [-0.3, -0.25) is 9.48 Å². The zero-order valence-electron chi connectivity index (χ0n) is 10.2. The number of aromatic nitrogens is 2. The van der Waals surface area contributed by atoms with Crippen LogP contribution in [0.4, 0.5) is 0 Å². The number of nitrogens with zero attached hydrogens (tertiary/aromatic N) is 2. The van der Waals surface area contributed by atoms with Crippen molar-refractivity contribution < 1.29 is 4.79 Å². The van der Waals surface area contributed by atoms with Crippen molar-refractivity contribution in [2.45, 2.75) is 33.2 Å². The third-order valence-corrected chi connectivity index (χ3v) is 3.97. The number of carbonyl (C=O) groups excluding carboxylic acids is 1. The lowest BCUT2D eigenvalue weighted by Gasteiger charge is -2.04. The molecule has 0 unspecified atom stereocenters. The molecular formula is C12H18BrN3O. The van der Waals surface area contributed by atoms with Crippen LogP contribution in [0.25, 0.3) is 0 Å². The summed E-state index contributed by atoms with van der Waals surface area (Å²) in [5, 5.41) is 7.32. The fourth-order valence-electron chi connectivity index (χ4n) is 1.88. The van der Waals surface area contributed by atoms with E-state index in [1.165, 1.54) is 0 Å². The molecule has 5 heteroatoms. The summed E-state index contributed by atoms with van der Waals surface area (Å²) in [6.07, 6.45) is 3.94. The number of rotatable bonds is 5. The maximum absolute atomic E-state index is 11.5. The van der Waals surface area contributed by atoms with Gasteiger partial charge in [-0.2, -0.15) is 5.10 Å². The molecule has 0 aromatic carbocycles. The third-order valence-electron chi connectivity index (χ3n) is 3.20. The SMILES string of the molecule is Cc1nn(CCCNC(=O)[C@@H]2C[C@@H]2C)cc1Br. The molecule has 0 spiro atoms. The fourth-order valence-corrected chi connectivity index (χ4v) is 2.19. The summed E-state index contributed by atoms with van der Waals surface area (Å²) in [4.78, 5) is 11.5. The lowest BCUT2D eigenvalue weighted by atomic mass is 10.3. The van der Waals surface area contributed by atoms with E-state index < -0.39 is 0 Å². The highest BCUT2D eigenvalue weighted by Crippen LogP contribution is 2.37. The maximum atomic E-state index is 11.5. The standard InChI is InChI=1S/C12H18BrN3O/c1-8-6-10(8)12(17)14-4-3-5-16-7-11(13)9(2)15-16/h7-8,10H,3-6H2,1-2H3,(H,14,17)/t8-,10+/m0/s1. The minimum atomic E-state index is 0.218. The molecule has 2 atom stereocenters. The van der Waals surface area contributed by atoms with Crippen molar-refractivity contribution in [2.75, 3.05) is 6.54 Å². The van der Waals surface area contributed by atoms with Gasteiger partial charge in [0.05, 0.1) is 10.2 Å². The highest BCUT2D eigenvalue weighted by Gasteiger charge is 2.38. The van der Waals surface area contributed by atoms with E-state index in [4.69, 9.17) is 0 Å². The zero-order valence-corrected chi connectivity index (χ0v) is 11.8. The lowest BCUT2D eigenvalue weighted by molar-refractivity contribution is -0.122. The van der Waals surface area contributed by atoms with Crippen LogP contribution in [0.1, 0.15) is 25.5 Å². The molecule has 1 heterocycles. The van der Waals surface area contributed by atoms with Crippen molar-refractivity contribution in [1.82, 2.24) is 15.1 Å². The molecule has 17 heavy (non-hydrogen) atoms. The molecule has 94 valence electrons. The van der Waals surface area contributed by atoms with Crippen LogP contribution in [-0.2, 0) is 11.3 Å². The van der Waals surface area contributed by atoms with E-state index in [1.54, 1.807) is 0 Å². The molecule has 1 aliphatic carbocycles. The Bertz CT molecular complexity index is 396. The average Bonchev–Trinajstić information content (AvgIpc) is 2.92. The van der Waals surface area contributed by atoms with Gasteiger partial charge in [-0.15, -0.1) is 0 Å². The summed E-state index contributed by atoms with van der Waals surface area (Å²) in [5.74, 6) is 1.08. The number of aryl methyl sites for hydroxylation is 2. The van der Waals surface area contributed by atoms with Gasteiger partial charge in [-0.05, 0) is 41.6 Å². The first-order valence-corrected chi connectivity index (χ1v) is 6.84. The van der Waals surface area contributed by atoms with Gasteiger partial charge in [0.25, 0.3) is 0 Å². The van der Waals surface area contributed by atoms with Crippen LogP contribution in [0.15, 0.2) is 10.7 Å². The van der Waals surface area contributed by atoms with Gasteiger partial charge < -0.3 is 5.32 Å². The molecule has 1 aromatic rings. The van der Waals surface area contributed by atoms with E-state index in [0.29, 0.717) is 5.92 Å². The fraction of sp³-hybridized carbons (Fsp3) is 0.667. The van der Waals surface area contributed by atoms with Crippen LogP contribution in [0.3, 0.4) is 0 Å². The average molecular weight is 300 g/mol. The number of hydrogen-bond donors (Lipinski definition) is 1. The Morgan fingerprint density at radius 3 is 2.94 bits per heavy atom. The second-order valence-electron chi connectivity index (χ2n) is 4.79. The molecule has 0 radical (unpaired) electrons. The number of hydrogen-bond acceptors (Lipinski definition) is 2. The Morgan fingerprint density at radius 2 is 2.41 bits per heavy atom. The van der Waals surface area contributed by atoms with Gasteiger partial charge in [0, 0.05) is 25.2 Å². The highest BCUT2D eigenvalue weighted by atomic mass is 79.9. The number of amides is 1. The minimum Gasteiger partial charge on any atom is -0.356 e. The molecule has 1 amide bonds. The molecule has 0 aliphatic heterocycles. The molecule has 0 bridgehead atoms. The molecule has 1 N–H and O–H groups in total. The number of halogens is 1. The molecule has 4 nitrogen and oxygen atoms in total. The van der Waals surface area contributed by atoms with Crippen molar-refractivity contribution in [3.05, 3.63) is 16.4 Å². The second-order valence-corrected chi connectivity index (χ2v) is 5.64. The van der Waals surface area contributed by atoms with Crippen LogP contribution in [0.5, 0.6) is 0 Å². The Hall–Kier alpha value is -0.840. The lowest BCUT2D eigenvalue weighted by Crippen LogP contribution is -2.27. The van der Waals surface area contributed by atoms with E-state index in [-0.39, 0.29) is 11.8 Å². The van der Waals surface area contributed by atoms with E-state index in [9.17, 15) is 4.79 Å². The van der Waals surface area contributed by atoms with Crippen molar-refractivity contribution in [2.24, 2.45) is 11.8 Å². The van der Waals surface area contributed by atoms with Crippen LogP contribution in [0.2, 0.25) is 0 Å². The molecular weight excluding hydrogens is 282 g/mol. The monoisotopic (exact) mass is 299 g/mol. The Labute approximate surface area is 110 Å². The summed E-state index contributed by atoms with van der Waals surface area (Å²) in [6.45, 7) is 5.66. The summed E-state index contributed by atoms with van der Waals surface area (Å²) >= 11 is 3.43. The smallest absolute Gasteiger partial charge is 0.223 e. The maximum Gasteiger partial charge on any atom is 0.223 e. The van der Waals surface area contributed by atoms with Gasteiger partial charge in [0.1, 0.15) is 0 Å². The van der Waals surface area contributed by atoms with E-state index in [1.807, 2.05) is 17.8 Å². The first-order valence-electron chi connectivity index (χ1n) is 6.05. The van der Waals surface area contributed by atoms with E-state index >= 15 is 0 Å². The van der Waals surface area contributed by atoms with Crippen molar-refractivity contribution >= 4 is 21.8 Å². The van der Waals surface area contributed by atoms with E-state index in [2.05, 4.69) is 33.3 Å². The highest BCUT2D eigenvalue weighted by molar-refractivity contribution is 9.10. The molecule has 1 saturated carbocycles. The van der Waals surface area contributed by atoms with Gasteiger partial charge >= 0.3 is 0 Å². The Balaban J connectivity index is 1.64. The van der Waals surface area contributed by atoms with E-state index in [0.717, 1.165) is 36.1 Å². The minimum absolute atomic E-state index is 0.218. The normalized spacial score (nSPS) is 22.5. The molecule has 1 fully saturated rings. The van der Waals surface area contributed by atoms with Crippen molar-refractivity contribution in [1.29, 1.82) is 0 Å². The Morgan fingerprint density at radius 1 is 1.71 bits per heavy atom. The van der Waals surface area contributed by atoms with Crippen molar-refractivity contribution in [3.8, 4) is 0 Å². The summed E-state index contributed by atoms with van der Waals surface area (Å²) in [5.41, 5.74) is 1.00. The van der Waals surface area contributed by atoms with Crippen LogP contribution in [0, 0.1) is 18.8 Å². The first-order chi connectivity index (χ1) is 8.08. The molecule has 1 aliphatic rings. The largest absolute Gasteiger partial charge is 0.356 e. The first kappa shape index (κ1) is 12.6. The topological polar surface area (TPSA) is 46.9 Å². The van der Waals surface area contributed by atoms with Crippen LogP contribution in [-0.4, -0.2) is 22.2 Å². The molecule has 0 saturated heterocycles. The zero-order chi connectivity index (χ0) is 12.4. The van der Waals surface area contributed by atoms with Gasteiger partial charge in [0.15, 0.2) is 0 Å². The quantitative estimate of drug-likeness (QED) is 0.847. The third kappa shape index (κ3) is 3.31. The second kappa shape index (κ2) is 5.21. The number of carbonyl (C=O) groups is 1. The van der Waals surface area contributed by atoms with Crippen LogP contribution >= 0.6 is 15.9 Å².